The second-order valence-corrected chi connectivity index (χ2v) is 5.12. The fourth-order valence-corrected chi connectivity index (χ4v) is 2.54. The third kappa shape index (κ3) is 2.34. The van der Waals surface area contributed by atoms with E-state index in [1.165, 1.54) is 17.0 Å². The molecular formula is C14H13ClFN3O. The second-order valence-electron chi connectivity index (χ2n) is 4.74. The summed E-state index contributed by atoms with van der Waals surface area (Å²) in [5.41, 5.74) is 2.03. The Hall–Kier alpha value is -1.72. The molecule has 1 aliphatic rings. The molecule has 0 bridgehead atoms. The van der Waals surface area contributed by atoms with Crippen LogP contribution in [0.2, 0.25) is 5.02 Å². The van der Waals surface area contributed by atoms with E-state index in [0.717, 1.165) is 17.8 Å². The third-order valence-corrected chi connectivity index (χ3v) is 3.86. The van der Waals surface area contributed by atoms with Gasteiger partial charge in [-0.25, -0.2) is 9.37 Å². The summed E-state index contributed by atoms with van der Waals surface area (Å²) in [4.78, 5) is 16.7. The summed E-state index contributed by atoms with van der Waals surface area (Å²) < 4.78 is 14.9. The molecule has 0 radical (unpaired) electrons. The molecule has 104 valence electrons. The predicted octanol–water partition coefficient (Wildman–Crippen LogP) is 1.73. The van der Waals surface area contributed by atoms with Crippen LogP contribution in [0, 0.1) is 5.82 Å². The Bertz CT molecular complexity index is 714. The summed E-state index contributed by atoms with van der Waals surface area (Å²) in [5.74, 6) is -0.479. The highest BCUT2D eigenvalue weighted by atomic mass is 35.5. The van der Waals surface area contributed by atoms with Gasteiger partial charge in [0.15, 0.2) is 0 Å². The average Bonchev–Trinajstić information content (AvgIpc) is 2.47. The number of rotatable bonds is 2. The van der Waals surface area contributed by atoms with Crippen molar-refractivity contribution in [1.82, 2.24) is 14.9 Å². The number of hydrogen-bond donors (Lipinski definition) is 1. The van der Waals surface area contributed by atoms with Crippen molar-refractivity contribution in [3.8, 4) is 0 Å². The molecule has 6 heteroatoms. The Balaban J connectivity index is 1.99. The highest BCUT2D eigenvalue weighted by Gasteiger charge is 2.16. The van der Waals surface area contributed by atoms with E-state index < -0.39 is 5.82 Å². The van der Waals surface area contributed by atoms with Gasteiger partial charge in [-0.05, 0) is 24.6 Å². The van der Waals surface area contributed by atoms with E-state index in [9.17, 15) is 9.18 Å². The SMILES string of the molecule is O=c1c2c(ncn1Cc1cccc(F)c1Cl)CNCC2. The molecule has 0 aliphatic carbocycles. The summed E-state index contributed by atoms with van der Waals surface area (Å²) >= 11 is 5.92. The van der Waals surface area contributed by atoms with Crippen LogP contribution in [0.25, 0.3) is 0 Å². The Morgan fingerprint density at radius 1 is 1.45 bits per heavy atom. The van der Waals surface area contributed by atoms with Gasteiger partial charge in [-0.1, -0.05) is 23.7 Å². The number of hydrogen-bond acceptors (Lipinski definition) is 3. The predicted molar refractivity (Wildman–Crippen MR) is 74.4 cm³/mol. The number of benzene rings is 1. The first-order valence-corrected chi connectivity index (χ1v) is 6.75. The van der Waals surface area contributed by atoms with Crippen LogP contribution in [-0.4, -0.2) is 16.1 Å². The van der Waals surface area contributed by atoms with Crippen LogP contribution in [0.15, 0.2) is 29.3 Å². The molecule has 0 saturated carbocycles. The fourth-order valence-electron chi connectivity index (χ4n) is 2.36. The maximum atomic E-state index is 13.4. The lowest BCUT2D eigenvalue weighted by molar-refractivity contribution is 0.594. The summed E-state index contributed by atoms with van der Waals surface area (Å²) in [6.45, 7) is 1.62. The van der Waals surface area contributed by atoms with Gasteiger partial charge < -0.3 is 5.32 Å². The molecule has 20 heavy (non-hydrogen) atoms. The smallest absolute Gasteiger partial charge is 0.257 e. The quantitative estimate of drug-likeness (QED) is 0.917. The first kappa shape index (κ1) is 13.3. The Kier molecular flexibility index (Phi) is 3.54. The molecule has 0 atom stereocenters. The molecule has 0 fully saturated rings. The Morgan fingerprint density at radius 3 is 3.15 bits per heavy atom. The van der Waals surface area contributed by atoms with Crippen molar-refractivity contribution >= 4 is 11.6 Å². The fraction of sp³-hybridized carbons (Fsp3) is 0.286. The highest BCUT2D eigenvalue weighted by molar-refractivity contribution is 6.31. The topological polar surface area (TPSA) is 46.9 Å². The van der Waals surface area contributed by atoms with Crippen LogP contribution in [-0.2, 0) is 19.5 Å². The Labute approximate surface area is 120 Å². The van der Waals surface area contributed by atoms with E-state index in [4.69, 9.17) is 11.6 Å². The minimum Gasteiger partial charge on any atom is -0.311 e. The molecule has 2 aromatic rings. The van der Waals surface area contributed by atoms with E-state index >= 15 is 0 Å². The van der Waals surface area contributed by atoms with Crippen LogP contribution in [0.3, 0.4) is 0 Å². The van der Waals surface area contributed by atoms with Crippen LogP contribution >= 0.6 is 11.6 Å². The molecule has 1 aromatic heterocycles. The van der Waals surface area contributed by atoms with Gasteiger partial charge in [0.2, 0.25) is 0 Å². The van der Waals surface area contributed by atoms with Crippen LogP contribution in [0.5, 0.6) is 0 Å². The maximum Gasteiger partial charge on any atom is 0.257 e. The van der Waals surface area contributed by atoms with Crippen molar-refractivity contribution in [3.05, 3.63) is 62.5 Å². The molecule has 0 spiro atoms. The van der Waals surface area contributed by atoms with E-state index in [0.29, 0.717) is 18.5 Å². The molecule has 0 unspecified atom stereocenters. The van der Waals surface area contributed by atoms with Gasteiger partial charge in [0.25, 0.3) is 5.56 Å². The van der Waals surface area contributed by atoms with E-state index in [1.54, 1.807) is 12.1 Å². The standard InChI is InChI=1S/C14H13ClFN3O/c15-13-9(2-1-3-11(13)16)7-19-8-18-12-6-17-5-4-10(12)14(19)20/h1-3,8,17H,4-7H2. The van der Waals surface area contributed by atoms with Crippen LogP contribution < -0.4 is 10.9 Å². The van der Waals surface area contributed by atoms with Crippen LogP contribution in [0.1, 0.15) is 16.8 Å². The largest absolute Gasteiger partial charge is 0.311 e. The second kappa shape index (κ2) is 5.34. The Morgan fingerprint density at radius 2 is 2.30 bits per heavy atom. The molecule has 3 rings (SSSR count). The van der Waals surface area contributed by atoms with Crippen molar-refractivity contribution < 1.29 is 4.39 Å². The first-order valence-electron chi connectivity index (χ1n) is 6.37. The van der Waals surface area contributed by atoms with Crippen molar-refractivity contribution in [1.29, 1.82) is 0 Å². The van der Waals surface area contributed by atoms with Gasteiger partial charge in [-0.3, -0.25) is 9.36 Å². The molecule has 2 heterocycles. The number of halogens is 2. The van der Waals surface area contributed by atoms with Gasteiger partial charge in [0.1, 0.15) is 5.82 Å². The lowest BCUT2D eigenvalue weighted by atomic mass is 10.1. The molecule has 1 N–H and O–H groups in total. The number of aromatic nitrogens is 2. The summed E-state index contributed by atoms with van der Waals surface area (Å²) in [7, 11) is 0. The van der Waals surface area contributed by atoms with Gasteiger partial charge in [0, 0.05) is 12.1 Å². The zero-order chi connectivity index (χ0) is 14.1. The van der Waals surface area contributed by atoms with Gasteiger partial charge in [-0.15, -0.1) is 0 Å². The minimum atomic E-state index is -0.479. The summed E-state index contributed by atoms with van der Waals surface area (Å²) in [6, 6.07) is 4.58. The number of nitrogens with one attached hydrogen (secondary N) is 1. The lowest BCUT2D eigenvalue weighted by Gasteiger charge is -2.17. The van der Waals surface area contributed by atoms with Gasteiger partial charge >= 0.3 is 0 Å². The van der Waals surface area contributed by atoms with Crippen LogP contribution in [0.4, 0.5) is 4.39 Å². The minimum absolute atomic E-state index is 0.0544. The molecular weight excluding hydrogens is 281 g/mol. The van der Waals surface area contributed by atoms with Crippen molar-refractivity contribution in [2.45, 2.75) is 19.5 Å². The molecule has 4 nitrogen and oxygen atoms in total. The normalized spacial score (nSPS) is 14.1. The molecule has 1 aliphatic heterocycles. The van der Waals surface area contributed by atoms with E-state index in [1.807, 2.05) is 0 Å². The van der Waals surface area contributed by atoms with Crippen molar-refractivity contribution in [2.24, 2.45) is 0 Å². The molecule has 0 amide bonds. The molecule has 1 aromatic carbocycles. The van der Waals surface area contributed by atoms with Crippen molar-refractivity contribution in [3.63, 3.8) is 0 Å². The first-order chi connectivity index (χ1) is 9.66. The lowest BCUT2D eigenvalue weighted by Crippen LogP contribution is -2.34. The van der Waals surface area contributed by atoms with Crippen molar-refractivity contribution in [2.75, 3.05) is 6.54 Å². The summed E-state index contributed by atoms with van der Waals surface area (Å²) in [6.07, 6.45) is 2.16. The van der Waals surface area contributed by atoms with E-state index in [-0.39, 0.29) is 17.1 Å². The van der Waals surface area contributed by atoms with Gasteiger partial charge in [-0.2, -0.15) is 0 Å². The zero-order valence-corrected chi connectivity index (χ0v) is 11.5. The number of fused-ring (bicyclic) bond motifs is 1. The van der Waals surface area contributed by atoms with E-state index in [2.05, 4.69) is 10.3 Å². The monoisotopic (exact) mass is 293 g/mol. The summed E-state index contributed by atoms with van der Waals surface area (Å²) in [5, 5.41) is 3.23. The third-order valence-electron chi connectivity index (χ3n) is 3.44. The highest BCUT2D eigenvalue weighted by Crippen LogP contribution is 2.20. The maximum absolute atomic E-state index is 13.4. The zero-order valence-electron chi connectivity index (χ0n) is 10.7. The number of nitrogens with zero attached hydrogens (tertiary/aromatic N) is 2. The average molecular weight is 294 g/mol. The van der Waals surface area contributed by atoms with Gasteiger partial charge in [0.05, 0.1) is 23.6 Å². The molecule has 0 saturated heterocycles.